The summed E-state index contributed by atoms with van der Waals surface area (Å²) in [5.41, 5.74) is 13.1. The molecule has 0 unspecified atom stereocenters. The monoisotopic (exact) mass is 700 g/mol. The van der Waals surface area contributed by atoms with Crippen molar-refractivity contribution in [1.82, 2.24) is 10.3 Å². The average Bonchev–Trinajstić information content (AvgIpc) is 3.22. The van der Waals surface area contributed by atoms with Crippen molar-refractivity contribution in [3.05, 3.63) is 235 Å². The van der Waals surface area contributed by atoms with Crippen LogP contribution in [0.5, 0.6) is 0 Å². The predicted molar refractivity (Wildman–Crippen MR) is 231 cm³/mol. The molecule has 4 heteroatoms. The summed E-state index contributed by atoms with van der Waals surface area (Å²) in [6.45, 7) is 8.51. The summed E-state index contributed by atoms with van der Waals surface area (Å²) in [7, 11) is 0. The standard InChI is InChI=1S/C50H44N4/c1-3-12-41(47(34-39-13-6-5-7-14-39)37-46-17-8-9-19-48(46)51)18-10-15-40-35-49(44-22-20-38(21-23-44)16-11-31-52-30-4-2)54-50(36-40)45-26-24-42(25-27-45)43-28-32-53-33-29-43/h3-14,17-32,34-37,51,53H,1-2,15-16,33H2/b18-10-,31-11-,41-12+,46-37+,47-34+,51-48?,52-30?. The lowest BCUT2D eigenvalue weighted by atomic mass is 9.95. The number of hydrogen-bond acceptors (Lipinski definition) is 4. The van der Waals surface area contributed by atoms with Gasteiger partial charge in [0.25, 0.3) is 0 Å². The lowest BCUT2D eigenvalue weighted by molar-refractivity contribution is 0.976. The minimum Gasteiger partial charge on any atom is -0.387 e. The molecule has 0 amide bonds. The lowest BCUT2D eigenvalue weighted by Gasteiger charge is -2.12. The van der Waals surface area contributed by atoms with E-state index in [-0.39, 0.29) is 0 Å². The molecule has 1 aliphatic carbocycles. The first-order valence-electron chi connectivity index (χ1n) is 18.1. The molecule has 0 saturated carbocycles. The van der Waals surface area contributed by atoms with Crippen molar-refractivity contribution in [3.8, 4) is 22.5 Å². The van der Waals surface area contributed by atoms with Crippen LogP contribution in [0.2, 0.25) is 0 Å². The molecule has 4 nitrogen and oxygen atoms in total. The van der Waals surface area contributed by atoms with Gasteiger partial charge in [0.1, 0.15) is 0 Å². The van der Waals surface area contributed by atoms with Crippen molar-refractivity contribution in [1.29, 1.82) is 5.41 Å². The Labute approximate surface area is 319 Å². The summed E-state index contributed by atoms with van der Waals surface area (Å²) < 4.78 is 0. The number of pyridine rings is 1. The number of benzene rings is 3. The molecule has 3 aromatic carbocycles. The normalized spacial score (nSPS) is 15.4. The van der Waals surface area contributed by atoms with Crippen molar-refractivity contribution in [2.45, 2.75) is 12.8 Å². The van der Waals surface area contributed by atoms with Crippen LogP contribution in [0.4, 0.5) is 0 Å². The minimum absolute atomic E-state index is 0.481. The topological polar surface area (TPSA) is 61.1 Å². The Balaban J connectivity index is 1.32. The molecular formula is C50H44N4. The highest BCUT2D eigenvalue weighted by Crippen LogP contribution is 2.28. The number of dihydropyridines is 1. The summed E-state index contributed by atoms with van der Waals surface area (Å²) in [6.07, 6.45) is 35.0. The van der Waals surface area contributed by atoms with Crippen LogP contribution >= 0.6 is 0 Å². The van der Waals surface area contributed by atoms with Gasteiger partial charge in [0.2, 0.25) is 0 Å². The SMILES string of the molecule is C=CC=N/C=C\Cc1ccc(-c2cc(C\C=C/C(=C\C=C)C(/C=C3\C=CC=CC3=N)=C/c3ccccc3)cc(-c3ccc(C4=CCNC=C4)cc3)n2)cc1. The van der Waals surface area contributed by atoms with Gasteiger partial charge in [-0.2, -0.15) is 0 Å². The average molecular weight is 701 g/mol. The molecule has 1 aliphatic heterocycles. The molecule has 0 atom stereocenters. The largest absolute Gasteiger partial charge is 0.387 e. The Morgan fingerprint density at radius 3 is 2.15 bits per heavy atom. The van der Waals surface area contributed by atoms with Gasteiger partial charge < -0.3 is 10.7 Å². The van der Waals surface area contributed by atoms with Crippen LogP contribution in [0.3, 0.4) is 0 Å². The van der Waals surface area contributed by atoms with E-state index in [1.165, 1.54) is 16.7 Å². The second-order valence-corrected chi connectivity index (χ2v) is 12.8. The molecule has 1 aromatic heterocycles. The summed E-state index contributed by atoms with van der Waals surface area (Å²) in [4.78, 5) is 9.36. The second-order valence-electron chi connectivity index (χ2n) is 12.8. The van der Waals surface area contributed by atoms with Crippen molar-refractivity contribution >= 4 is 23.6 Å². The van der Waals surface area contributed by atoms with Gasteiger partial charge in [-0.05, 0) is 100 Å². The predicted octanol–water partition coefficient (Wildman–Crippen LogP) is 11.6. The van der Waals surface area contributed by atoms with E-state index in [0.717, 1.165) is 63.3 Å². The fourth-order valence-corrected chi connectivity index (χ4v) is 6.10. The van der Waals surface area contributed by atoms with Gasteiger partial charge in [-0.25, -0.2) is 4.98 Å². The molecule has 0 fully saturated rings. The van der Waals surface area contributed by atoms with Gasteiger partial charge in [0.05, 0.1) is 17.1 Å². The molecule has 54 heavy (non-hydrogen) atoms. The zero-order chi connectivity index (χ0) is 37.4. The Kier molecular flexibility index (Phi) is 13.0. The van der Waals surface area contributed by atoms with Crippen molar-refractivity contribution in [3.63, 3.8) is 0 Å². The molecule has 264 valence electrons. The van der Waals surface area contributed by atoms with Crippen LogP contribution < -0.4 is 5.32 Å². The van der Waals surface area contributed by atoms with Gasteiger partial charge in [-0.3, -0.25) is 4.99 Å². The second kappa shape index (κ2) is 19.1. The Morgan fingerprint density at radius 2 is 1.46 bits per heavy atom. The van der Waals surface area contributed by atoms with E-state index in [1.54, 1.807) is 18.5 Å². The zero-order valence-corrected chi connectivity index (χ0v) is 30.4. The first-order chi connectivity index (χ1) is 26.6. The molecule has 0 radical (unpaired) electrons. The molecule has 2 heterocycles. The number of rotatable bonds is 14. The first-order valence-corrected chi connectivity index (χ1v) is 18.1. The van der Waals surface area contributed by atoms with Gasteiger partial charge in [-0.15, -0.1) is 0 Å². The van der Waals surface area contributed by atoms with Crippen LogP contribution in [0.15, 0.2) is 217 Å². The number of nitrogens with zero attached hydrogens (tertiary/aromatic N) is 2. The molecule has 6 rings (SSSR count). The highest BCUT2D eigenvalue weighted by molar-refractivity contribution is 6.10. The van der Waals surface area contributed by atoms with Crippen LogP contribution in [-0.2, 0) is 12.8 Å². The molecule has 0 bridgehead atoms. The van der Waals surface area contributed by atoms with E-state index >= 15 is 0 Å². The van der Waals surface area contributed by atoms with E-state index in [2.05, 4.69) is 133 Å². The maximum Gasteiger partial charge on any atom is 0.0712 e. The molecule has 2 aliphatic rings. The summed E-state index contributed by atoms with van der Waals surface area (Å²) in [5.74, 6) is 0. The van der Waals surface area contributed by atoms with Crippen LogP contribution in [0, 0.1) is 5.41 Å². The quantitative estimate of drug-likeness (QED) is 0.102. The molecule has 0 spiro atoms. The molecular weight excluding hydrogens is 657 g/mol. The Hall–Kier alpha value is -6.91. The number of allylic oxidation sites excluding steroid dienone is 16. The summed E-state index contributed by atoms with van der Waals surface area (Å²) in [5, 5.41) is 11.7. The fourth-order valence-electron chi connectivity index (χ4n) is 6.10. The lowest BCUT2D eigenvalue weighted by Crippen LogP contribution is -2.08. The fraction of sp³-hybridized carbons (Fsp3) is 0.0600. The van der Waals surface area contributed by atoms with Gasteiger partial charge in [0.15, 0.2) is 0 Å². The molecule has 2 N–H and O–H groups in total. The Bertz CT molecular complexity index is 2280. The van der Waals surface area contributed by atoms with Crippen LogP contribution in [-0.4, -0.2) is 23.5 Å². The number of nitrogens with one attached hydrogen (secondary N) is 2. The molecule has 0 saturated heterocycles. The highest BCUT2D eigenvalue weighted by atomic mass is 14.8. The van der Waals surface area contributed by atoms with Crippen molar-refractivity contribution < 1.29 is 0 Å². The molecule has 4 aromatic rings. The third-order valence-corrected chi connectivity index (χ3v) is 8.88. The van der Waals surface area contributed by atoms with Gasteiger partial charge in [-0.1, -0.05) is 153 Å². The first kappa shape index (κ1) is 36.9. The van der Waals surface area contributed by atoms with E-state index in [4.69, 9.17) is 10.4 Å². The summed E-state index contributed by atoms with van der Waals surface area (Å²) >= 11 is 0. The van der Waals surface area contributed by atoms with Crippen LogP contribution in [0.25, 0.3) is 34.2 Å². The Morgan fingerprint density at radius 1 is 0.759 bits per heavy atom. The number of aliphatic imine (C=N–C) groups is 1. The van der Waals surface area contributed by atoms with Crippen molar-refractivity contribution in [2.75, 3.05) is 6.54 Å². The van der Waals surface area contributed by atoms with E-state index < -0.39 is 0 Å². The number of aromatic nitrogens is 1. The zero-order valence-electron chi connectivity index (χ0n) is 30.4. The minimum atomic E-state index is 0.481. The van der Waals surface area contributed by atoms with E-state index in [1.807, 2.05) is 66.9 Å². The van der Waals surface area contributed by atoms with Gasteiger partial charge in [0, 0.05) is 30.1 Å². The van der Waals surface area contributed by atoms with E-state index in [0.29, 0.717) is 12.1 Å². The highest BCUT2D eigenvalue weighted by Gasteiger charge is 2.10. The van der Waals surface area contributed by atoms with Gasteiger partial charge >= 0.3 is 0 Å². The number of hydrogen-bond donors (Lipinski definition) is 2. The maximum atomic E-state index is 8.51. The van der Waals surface area contributed by atoms with Crippen molar-refractivity contribution in [2.24, 2.45) is 4.99 Å². The third-order valence-electron chi connectivity index (χ3n) is 8.88. The maximum absolute atomic E-state index is 8.51. The van der Waals surface area contributed by atoms with Crippen LogP contribution in [0.1, 0.15) is 22.3 Å². The third kappa shape index (κ3) is 10.3. The van der Waals surface area contributed by atoms with E-state index in [9.17, 15) is 0 Å². The summed E-state index contributed by atoms with van der Waals surface area (Å²) in [6, 6.07) is 31.9. The smallest absolute Gasteiger partial charge is 0.0712 e.